The van der Waals surface area contributed by atoms with Crippen molar-refractivity contribution in [3.8, 4) is 0 Å². The van der Waals surface area contributed by atoms with Crippen LogP contribution in [0, 0.1) is 16.6 Å². The number of hydrogen-bond donors (Lipinski definition) is 2. The first-order valence-electron chi connectivity index (χ1n) is 8.13. The van der Waals surface area contributed by atoms with E-state index >= 15 is 0 Å². The van der Waals surface area contributed by atoms with Crippen LogP contribution in [-0.4, -0.2) is 11.9 Å². The molecule has 2 nitrogen and oxygen atoms in total. The SMILES string of the molecule is C=CC(/C=C/C(=N)c1ccc(F)c(C=N)c1)=C\C=C(/C)F.CCCC. The molecule has 1 aromatic carbocycles. The van der Waals surface area contributed by atoms with Gasteiger partial charge in [-0.15, -0.1) is 0 Å². The Morgan fingerprint density at radius 3 is 2.28 bits per heavy atom. The summed E-state index contributed by atoms with van der Waals surface area (Å²) < 4.78 is 25.9. The predicted molar refractivity (Wildman–Crippen MR) is 104 cm³/mol. The Hall–Kier alpha value is -2.62. The Balaban J connectivity index is 0.00000129. The van der Waals surface area contributed by atoms with Crippen LogP contribution >= 0.6 is 0 Å². The zero-order valence-corrected chi connectivity index (χ0v) is 15.1. The molecule has 1 aromatic rings. The lowest BCUT2D eigenvalue weighted by Gasteiger charge is -2.02. The summed E-state index contributed by atoms with van der Waals surface area (Å²) in [5.74, 6) is -0.826. The molecular formula is C21H26F2N2. The number of rotatable bonds is 7. The molecule has 0 aliphatic rings. The minimum absolute atomic E-state index is 0.126. The highest BCUT2D eigenvalue weighted by molar-refractivity contribution is 6.07. The standard InChI is InChI=1S/C17H16F2N2.C4H10/c1-3-13(5-4-12(2)18)6-9-17(21)14-7-8-16(19)15(10-14)11-20;1-3-4-2/h3-11,20-21H,1H2,2H3;3-4H2,1-2H3/b9-6+,12-4+,13-5+,20-11?,21-17?;. The Kier molecular flexibility index (Phi) is 11.4. The van der Waals surface area contributed by atoms with E-state index in [0.717, 1.165) is 6.21 Å². The summed E-state index contributed by atoms with van der Waals surface area (Å²) in [5, 5.41) is 15.0. The Morgan fingerprint density at radius 1 is 1.16 bits per heavy atom. The van der Waals surface area contributed by atoms with E-state index in [4.69, 9.17) is 10.8 Å². The van der Waals surface area contributed by atoms with Gasteiger partial charge < -0.3 is 10.8 Å². The van der Waals surface area contributed by atoms with E-state index in [1.54, 1.807) is 12.2 Å². The molecule has 0 unspecified atom stereocenters. The lowest BCUT2D eigenvalue weighted by Crippen LogP contribution is -1.98. The van der Waals surface area contributed by atoms with Crippen molar-refractivity contribution in [2.24, 2.45) is 0 Å². The second kappa shape index (κ2) is 12.8. The number of allylic oxidation sites excluding steroid dienone is 7. The number of unbranched alkanes of at least 4 members (excludes halogenated alkanes) is 1. The predicted octanol–water partition coefficient (Wildman–Crippen LogP) is 6.54. The van der Waals surface area contributed by atoms with Crippen LogP contribution in [0.2, 0.25) is 0 Å². The van der Waals surface area contributed by atoms with Gasteiger partial charge in [0, 0.05) is 17.3 Å². The Morgan fingerprint density at radius 2 is 1.80 bits per heavy atom. The fourth-order valence-corrected chi connectivity index (χ4v) is 1.50. The van der Waals surface area contributed by atoms with Crippen molar-refractivity contribution in [3.63, 3.8) is 0 Å². The van der Waals surface area contributed by atoms with Crippen LogP contribution in [0.15, 0.2) is 66.6 Å². The van der Waals surface area contributed by atoms with Crippen molar-refractivity contribution in [1.82, 2.24) is 0 Å². The smallest absolute Gasteiger partial charge is 0.131 e. The van der Waals surface area contributed by atoms with Gasteiger partial charge in [-0.2, -0.15) is 0 Å². The van der Waals surface area contributed by atoms with Crippen LogP contribution in [0.25, 0.3) is 0 Å². The molecule has 1 rings (SSSR count). The molecule has 0 amide bonds. The first-order chi connectivity index (χ1) is 11.9. The molecule has 0 atom stereocenters. The topological polar surface area (TPSA) is 47.7 Å². The Labute approximate surface area is 149 Å². The molecule has 25 heavy (non-hydrogen) atoms. The number of benzene rings is 1. The second-order valence-corrected chi connectivity index (χ2v) is 5.25. The molecule has 2 N–H and O–H groups in total. The molecule has 0 aliphatic carbocycles. The van der Waals surface area contributed by atoms with E-state index in [0.29, 0.717) is 11.1 Å². The van der Waals surface area contributed by atoms with Crippen LogP contribution in [0.3, 0.4) is 0 Å². The van der Waals surface area contributed by atoms with Crippen molar-refractivity contribution >= 4 is 11.9 Å². The first kappa shape index (κ1) is 22.4. The summed E-state index contributed by atoms with van der Waals surface area (Å²) in [6, 6.07) is 4.12. The molecular weight excluding hydrogens is 318 g/mol. The molecule has 0 fully saturated rings. The third-order valence-electron chi connectivity index (χ3n) is 3.15. The lowest BCUT2D eigenvalue weighted by molar-refractivity contribution is 0.626. The van der Waals surface area contributed by atoms with Crippen molar-refractivity contribution in [2.45, 2.75) is 33.6 Å². The maximum Gasteiger partial charge on any atom is 0.131 e. The number of halogens is 2. The minimum atomic E-state index is -0.499. The van der Waals surface area contributed by atoms with Gasteiger partial charge in [-0.25, -0.2) is 8.78 Å². The normalized spacial score (nSPS) is 11.7. The summed E-state index contributed by atoms with van der Waals surface area (Å²) in [5.41, 5.74) is 1.42. The van der Waals surface area contributed by atoms with Crippen LogP contribution in [0.1, 0.15) is 44.7 Å². The van der Waals surface area contributed by atoms with Crippen LogP contribution in [0.5, 0.6) is 0 Å². The molecule has 0 aliphatic heterocycles. The lowest BCUT2D eigenvalue weighted by atomic mass is 10.1. The van der Waals surface area contributed by atoms with Crippen molar-refractivity contribution in [3.05, 3.63) is 83.5 Å². The van der Waals surface area contributed by atoms with Gasteiger partial charge in [0.2, 0.25) is 0 Å². The van der Waals surface area contributed by atoms with E-state index in [-0.39, 0.29) is 17.1 Å². The van der Waals surface area contributed by atoms with E-state index in [1.807, 2.05) is 0 Å². The fourth-order valence-electron chi connectivity index (χ4n) is 1.50. The monoisotopic (exact) mass is 344 g/mol. The van der Waals surface area contributed by atoms with Gasteiger partial charge in [-0.05, 0) is 42.8 Å². The van der Waals surface area contributed by atoms with Crippen molar-refractivity contribution in [2.75, 3.05) is 0 Å². The second-order valence-electron chi connectivity index (χ2n) is 5.25. The molecule has 134 valence electrons. The number of nitrogens with one attached hydrogen (secondary N) is 2. The first-order valence-corrected chi connectivity index (χ1v) is 8.13. The van der Waals surface area contributed by atoms with E-state index in [9.17, 15) is 8.78 Å². The molecule has 0 bridgehead atoms. The van der Waals surface area contributed by atoms with Crippen LogP contribution in [-0.2, 0) is 0 Å². The summed E-state index contributed by atoms with van der Waals surface area (Å²) in [4.78, 5) is 0. The maximum absolute atomic E-state index is 13.3. The molecule has 0 saturated carbocycles. The highest BCUT2D eigenvalue weighted by atomic mass is 19.1. The highest BCUT2D eigenvalue weighted by Crippen LogP contribution is 2.11. The summed E-state index contributed by atoms with van der Waals surface area (Å²) in [6.07, 6.45) is 11.0. The molecule has 0 aromatic heterocycles. The number of hydrogen-bond acceptors (Lipinski definition) is 2. The van der Waals surface area contributed by atoms with E-state index < -0.39 is 5.82 Å². The quantitative estimate of drug-likeness (QED) is 0.417. The molecule has 0 heterocycles. The Bertz CT molecular complexity index is 677. The zero-order valence-electron chi connectivity index (χ0n) is 15.1. The van der Waals surface area contributed by atoms with Gasteiger partial charge in [-0.1, -0.05) is 51.5 Å². The average molecular weight is 344 g/mol. The zero-order chi connectivity index (χ0) is 19.2. The summed E-state index contributed by atoms with van der Waals surface area (Å²) in [7, 11) is 0. The largest absolute Gasteiger partial charge is 0.308 e. The van der Waals surface area contributed by atoms with Crippen molar-refractivity contribution in [1.29, 1.82) is 10.8 Å². The highest BCUT2D eigenvalue weighted by Gasteiger charge is 2.03. The van der Waals surface area contributed by atoms with Gasteiger partial charge in [0.05, 0.1) is 11.5 Å². The van der Waals surface area contributed by atoms with Crippen LogP contribution < -0.4 is 0 Å². The van der Waals surface area contributed by atoms with Gasteiger partial charge in [-0.3, -0.25) is 0 Å². The van der Waals surface area contributed by atoms with Crippen LogP contribution in [0.4, 0.5) is 8.78 Å². The van der Waals surface area contributed by atoms with E-state index in [2.05, 4.69) is 20.4 Å². The molecule has 0 spiro atoms. The molecule has 0 radical (unpaired) electrons. The maximum atomic E-state index is 13.3. The fraction of sp³-hybridized carbons (Fsp3) is 0.238. The minimum Gasteiger partial charge on any atom is -0.308 e. The average Bonchev–Trinajstić information content (AvgIpc) is 2.62. The van der Waals surface area contributed by atoms with E-state index in [1.165, 1.54) is 56.2 Å². The summed E-state index contributed by atoms with van der Waals surface area (Å²) >= 11 is 0. The van der Waals surface area contributed by atoms with Crippen molar-refractivity contribution < 1.29 is 8.78 Å². The van der Waals surface area contributed by atoms with Gasteiger partial charge in [0.15, 0.2) is 0 Å². The summed E-state index contributed by atoms with van der Waals surface area (Å²) in [6.45, 7) is 9.30. The third-order valence-corrected chi connectivity index (χ3v) is 3.15. The van der Waals surface area contributed by atoms with Gasteiger partial charge in [0.1, 0.15) is 5.82 Å². The third kappa shape index (κ3) is 9.30. The molecule has 4 heteroatoms. The van der Waals surface area contributed by atoms with Gasteiger partial charge in [0.25, 0.3) is 0 Å². The van der Waals surface area contributed by atoms with Gasteiger partial charge >= 0.3 is 0 Å². The molecule has 0 saturated heterocycles.